The molecular weight excluding hydrogens is 212 g/mol. The fourth-order valence-corrected chi connectivity index (χ4v) is 1.57. The van der Waals surface area contributed by atoms with Gasteiger partial charge in [0.2, 0.25) is 0 Å². The van der Waals surface area contributed by atoms with E-state index in [1.165, 1.54) is 5.56 Å². The van der Waals surface area contributed by atoms with Crippen molar-refractivity contribution in [2.75, 3.05) is 13.7 Å². The van der Waals surface area contributed by atoms with Crippen LogP contribution in [0.2, 0.25) is 0 Å². The average Bonchev–Trinajstić information content (AvgIpc) is 2.28. The van der Waals surface area contributed by atoms with E-state index >= 15 is 0 Å². The van der Waals surface area contributed by atoms with Gasteiger partial charge in [-0.15, -0.1) is 0 Å². The molecule has 17 heavy (non-hydrogen) atoms. The van der Waals surface area contributed by atoms with Gasteiger partial charge in [0, 0.05) is 0 Å². The first-order chi connectivity index (χ1) is 8.04. The second kappa shape index (κ2) is 6.53. The van der Waals surface area contributed by atoms with E-state index in [0.29, 0.717) is 11.8 Å². The molecule has 2 heteroatoms. The molecule has 96 valence electrons. The van der Waals surface area contributed by atoms with Crippen LogP contribution in [0.25, 0.3) is 0 Å². The quantitative estimate of drug-likeness (QED) is 0.735. The number of rotatable bonds is 6. The topological polar surface area (TPSA) is 18.5 Å². The molecule has 0 aromatic heterocycles. The summed E-state index contributed by atoms with van der Waals surface area (Å²) < 4.78 is 11.1. The van der Waals surface area contributed by atoms with Crippen molar-refractivity contribution in [3.63, 3.8) is 0 Å². The van der Waals surface area contributed by atoms with Gasteiger partial charge in [0.1, 0.15) is 0 Å². The van der Waals surface area contributed by atoms with Crippen LogP contribution in [0.1, 0.15) is 45.6 Å². The number of methoxy groups -OCH3 is 1. The van der Waals surface area contributed by atoms with Crippen LogP contribution in [0.3, 0.4) is 0 Å². The summed E-state index contributed by atoms with van der Waals surface area (Å²) in [6.07, 6.45) is 1.06. The van der Waals surface area contributed by atoms with Crippen LogP contribution >= 0.6 is 0 Å². The largest absolute Gasteiger partial charge is 0.493 e. The molecule has 0 aliphatic rings. The van der Waals surface area contributed by atoms with Gasteiger partial charge in [-0.1, -0.05) is 33.8 Å². The standard InChI is InChI=1S/C15H24O2/c1-11(2)8-9-17-14-7-6-13(12(3)4)10-15(14)16-5/h6-7,10-12H,8-9H2,1-5H3. The Hall–Kier alpha value is -1.18. The second-order valence-electron chi connectivity index (χ2n) is 5.10. The third kappa shape index (κ3) is 4.29. The Bertz CT molecular complexity index is 343. The van der Waals surface area contributed by atoms with Gasteiger partial charge in [-0.05, 0) is 36.0 Å². The molecule has 2 nitrogen and oxygen atoms in total. The highest BCUT2D eigenvalue weighted by Crippen LogP contribution is 2.30. The van der Waals surface area contributed by atoms with E-state index in [1.807, 2.05) is 6.07 Å². The van der Waals surface area contributed by atoms with E-state index < -0.39 is 0 Å². The molecule has 1 aromatic rings. The van der Waals surface area contributed by atoms with Crippen molar-refractivity contribution >= 4 is 0 Å². The summed E-state index contributed by atoms with van der Waals surface area (Å²) in [4.78, 5) is 0. The first-order valence-electron chi connectivity index (χ1n) is 6.35. The maximum atomic E-state index is 5.75. The van der Waals surface area contributed by atoms with Gasteiger partial charge in [-0.2, -0.15) is 0 Å². The van der Waals surface area contributed by atoms with Gasteiger partial charge in [-0.3, -0.25) is 0 Å². The molecule has 0 fully saturated rings. The Morgan fingerprint density at radius 3 is 2.29 bits per heavy atom. The molecule has 0 N–H and O–H groups in total. The molecule has 0 radical (unpaired) electrons. The summed E-state index contributed by atoms with van der Waals surface area (Å²) in [6, 6.07) is 6.18. The summed E-state index contributed by atoms with van der Waals surface area (Å²) in [5.74, 6) is 2.85. The van der Waals surface area contributed by atoms with Crippen molar-refractivity contribution in [1.82, 2.24) is 0 Å². The highest BCUT2D eigenvalue weighted by Gasteiger charge is 2.08. The second-order valence-corrected chi connectivity index (χ2v) is 5.10. The van der Waals surface area contributed by atoms with E-state index in [0.717, 1.165) is 24.5 Å². The lowest BCUT2D eigenvalue weighted by Crippen LogP contribution is -2.03. The van der Waals surface area contributed by atoms with Gasteiger partial charge in [0.05, 0.1) is 13.7 Å². The van der Waals surface area contributed by atoms with Crippen molar-refractivity contribution in [3.05, 3.63) is 23.8 Å². The maximum absolute atomic E-state index is 5.75. The van der Waals surface area contributed by atoms with Crippen LogP contribution in [0, 0.1) is 5.92 Å². The Kier molecular flexibility index (Phi) is 5.33. The monoisotopic (exact) mass is 236 g/mol. The lowest BCUT2D eigenvalue weighted by atomic mass is 10.0. The average molecular weight is 236 g/mol. The molecule has 0 amide bonds. The molecule has 0 aliphatic heterocycles. The lowest BCUT2D eigenvalue weighted by molar-refractivity contribution is 0.273. The third-order valence-corrected chi connectivity index (χ3v) is 2.81. The zero-order valence-corrected chi connectivity index (χ0v) is 11.6. The van der Waals surface area contributed by atoms with Gasteiger partial charge >= 0.3 is 0 Å². The Labute approximate surface area is 105 Å². The van der Waals surface area contributed by atoms with Crippen molar-refractivity contribution in [3.8, 4) is 11.5 Å². The van der Waals surface area contributed by atoms with E-state index in [2.05, 4.69) is 39.8 Å². The zero-order valence-electron chi connectivity index (χ0n) is 11.6. The first-order valence-corrected chi connectivity index (χ1v) is 6.35. The van der Waals surface area contributed by atoms with E-state index in [9.17, 15) is 0 Å². The van der Waals surface area contributed by atoms with Gasteiger partial charge in [0.25, 0.3) is 0 Å². The van der Waals surface area contributed by atoms with Crippen LogP contribution in [-0.2, 0) is 0 Å². The molecular formula is C15H24O2. The van der Waals surface area contributed by atoms with E-state index in [-0.39, 0.29) is 0 Å². The van der Waals surface area contributed by atoms with Crippen LogP contribution in [0.15, 0.2) is 18.2 Å². The first kappa shape index (κ1) is 13.9. The van der Waals surface area contributed by atoms with Crippen LogP contribution < -0.4 is 9.47 Å². The highest BCUT2D eigenvalue weighted by molar-refractivity contribution is 5.43. The molecule has 0 atom stereocenters. The van der Waals surface area contributed by atoms with Crippen LogP contribution in [-0.4, -0.2) is 13.7 Å². The van der Waals surface area contributed by atoms with E-state index in [1.54, 1.807) is 7.11 Å². The summed E-state index contributed by atoms with van der Waals surface area (Å²) in [5.41, 5.74) is 1.28. The van der Waals surface area contributed by atoms with Crippen molar-refractivity contribution in [1.29, 1.82) is 0 Å². The fraction of sp³-hybridized carbons (Fsp3) is 0.600. The zero-order chi connectivity index (χ0) is 12.8. The van der Waals surface area contributed by atoms with Crippen molar-refractivity contribution < 1.29 is 9.47 Å². The molecule has 0 bridgehead atoms. The molecule has 0 heterocycles. The fourth-order valence-electron chi connectivity index (χ4n) is 1.57. The Balaban J connectivity index is 2.71. The normalized spacial score (nSPS) is 11.0. The van der Waals surface area contributed by atoms with Gasteiger partial charge in [0.15, 0.2) is 11.5 Å². The number of benzene rings is 1. The molecule has 1 aromatic carbocycles. The minimum atomic E-state index is 0.508. The molecule has 0 saturated heterocycles. The molecule has 0 aliphatic carbocycles. The molecule has 0 unspecified atom stereocenters. The number of hydrogen-bond acceptors (Lipinski definition) is 2. The minimum Gasteiger partial charge on any atom is -0.493 e. The third-order valence-electron chi connectivity index (χ3n) is 2.81. The van der Waals surface area contributed by atoms with Crippen molar-refractivity contribution in [2.45, 2.75) is 40.0 Å². The molecule has 0 saturated carbocycles. The lowest BCUT2D eigenvalue weighted by Gasteiger charge is -2.14. The number of hydrogen-bond donors (Lipinski definition) is 0. The smallest absolute Gasteiger partial charge is 0.161 e. The number of ether oxygens (including phenoxy) is 2. The van der Waals surface area contributed by atoms with Crippen molar-refractivity contribution in [2.24, 2.45) is 5.92 Å². The maximum Gasteiger partial charge on any atom is 0.161 e. The Morgan fingerprint density at radius 1 is 1.06 bits per heavy atom. The van der Waals surface area contributed by atoms with Crippen LogP contribution in [0.5, 0.6) is 11.5 Å². The summed E-state index contributed by atoms with van der Waals surface area (Å²) >= 11 is 0. The predicted molar refractivity (Wildman–Crippen MR) is 72.0 cm³/mol. The van der Waals surface area contributed by atoms with E-state index in [4.69, 9.17) is 9.47 Å². The molecule has 0 spiro atoms. The molecule has 1 rings (SSSR count). The minimum absolute atomic E-state index is 0.508. The van der Waals surface area contributed by atoms with Crippen LogP contribution in [0.4, 0.5) is 0 Å². The van der Waals surface area contributed by atoms with Gasteiger partial charge < -0.3 is 9.47 Å². The van der Waals surface area contributed by atoms with Gasteiger partial charge in [-0.25, -0.2) is 0 Å². The summed E-state index contributed by atoms with van der Waals surface area (Å²) in [7, 11) is 1.69. The SMILES string of the molecule is COc1cc(C(C)C)ccc1OCCC(C)C. The Morgan fingerprint density at radius 2 is 1.76 bits per heavy atom. The predicted octanol–water partition coefficient (Wildman–Crippen LogP) is 4.24. The summed E-state index contributed by atoms with van der Waals surface area (Å²) in [5, 5.41) is 0. The summed E-state index contributed by atoms with van der Waals surface area (Å²) in [6.45, 7) is 9.49. The highest BCUT2D eigenvalue weighted by atomic mass is 16.5.